The molecule has 1 aromatic heterocycles. The highest BCUT2D eigenvalue weighted by Gasteiger charge is 2.14. The minimum atomic E-state index is 0.243. The number of nitrogens with zero attached hydrogens (tertiary/aromatic N) is 4. The van der Waals surface area contributed by atoms with Crippen molar-refractivity contribution >= 4 is 5.69 Å². The second-order valence-electron chi connectivity index (χ2n) is 3.19. The van der Waals surface area contributed by atoms with Gasteiger partial charge in [-0.05, 0) is 17.3 Å². The van der Waals surface area contributed by atoms with Crippen molar-refractivity contribution in [1.29, 1.82) is 0 Å². The summed E-state index contributed by atoms with van der Waals surface area (Å²) in [7, 11) is 3.25. The smallest absolute Gasteiger partial charge is 0.184 e. The van der Waals surface area contributed by atoms with Gasteiger partial charge < -0.3 is 4.74 Å². The number of methoxy groups -OCH3 is 1. The van der Waals surface area contributed by atoms with Crippen molar-refractivity contribution in [3.05, 3.63) is 29.4 Å². The van der Waals surface area contributed by atoms with Crippen LogP contribution in [-0.4, -0.2) is 21.9 Å². The maximum absolute atomic E-state index is 10.6. The number of ether oxygens (including phenoxy) is 1. The zero-order valence-corrected chi connectivity index (χ0v) is 8.91. The van der Waals surface area contributed by atoms with E-state index in [4.69, 9.17) is 4.74 Å². The lowest BCUT2D eigenvalue weighted by atomic mass is 10.1. The second kappa shape index (κ2) is 4.09. The van der Waals surface area contributed by atoms with Crippen molar-refractivity contribution in [2.75, 3.05) is 7.11 Å². The van der Waals surface area contributed by atoms with Crippen LogP contribution in [-0.2, 0) is 7.05 Å². The summed E-state index contributed by atoms with van der Waals surface area (Å²) in [5.74, 6) is 0.897. The summed E-state index contributed by atoms with van der Waals surface area (Å²) >= 11 is 0. The van der Waals surface area contributed by atoms with Gasteiger partial charge in [0.05, 0.1) is 12.7 Å². The summed E-state index contributed by atoms with van der Waals surface area (Å²) in [4.78, 5) is 14.7. The molecule has 6 nitrogen and oxygen atoms in total. The number of aromatic nitrogens is 3. The predicted octanol–water partition coefficient (Wildman–Crippen LogP) is 1.89. The fourth-order valence-electron chi connectivity index (χ4n) is 1.45. The van der Waals surface area contributed by atoms with Crippen LogP contribution in [0.5, 0.6) is 5.75 Å². The highest BCUT2D eigenvalue weighted by Crippen LogP contribution is 2.36. The van der Waals surface area contributed by atoms with E-state index in [0.29, 0.717) is 17.1 Å². The van der Waals surface area contributed by atoms with Crippen molar-refractivity contribution in [3.8, 4) is 17.1 Å². The Morgan fingerprint density at radius 2 is 2.25 bits per heavy atom. The first-order valence-corrected chi connectivity index (χ1v) is 4.62. The number of hydrogen-bond acceptors (Lipinski definition) is 5. The van der Waals surface area contributed by atoms with Crippen LogP contribution in [0.1, 0.15) is 0 Å². The van der Waals surface area contributed by atoms with Gasteiger partial charge in [-0.1, -0.05) is 6.07 Å². The number of rotatable bonds is 3. The van der Waals surface area contributed by atoms with Crippen LogP contribution in [0, 0.1) is 4.91 Å². The summed E-state index contributed by atoms with van der Waals surface area (Å²) < 4.78 is 6.73. The normalized spacial score (nSPS) is 10.1. The van der Waals surface area contributed by atoms with Crippen molar-refractivity contribution in [1.82, 2.24) is 14.8 Å². The molecule has 0 unspecified atom stereocenters. The molecular formula is C10H10N4O2. The minimum absolute atomic E-state index is 0.243. The Labute approximate surface area is 91.9 Å². The van der Waals surface area contributed by atoms with E-state index in [0.717, 1.165) is 0 Å². The van der Waals surface area contributed by atoms with Gasteiger partial charge in [-0.15, -0.1) is 4.91 Å². The molecule has 1 heterocycles. The van der Waals surface area contributed by atoms with Gasteiger partial charge in [0.1, 0.15) is 6.33 Å². The van der Waals surface area contributed by atoms with Crippen LogP contribution < -0.4 is 4.74 Å². The minimum Gasteiger partial charge on any atom is -0.494 e. The molecule has 82 valence electrons. The standard InChI is InChI=1S/C10H10N4O2/c1-14-6-11-10(12-14)7-4-3-5-8(13-15)9(7)16-2/h3-6H,1-2H3. The number of aryl methyl sites for hydroxylation is 1. The van der Waals surface area contributed by atoms with Crippen molar-refractivity contribution in [3.63, 3.8) is 0 Å². The molecule has 0 aliphatic heterocycles. The number of nitroso groups, excluding NO2 is 1. The highest BCUT2D eigenvalue weighted by atomic mass is 16.5. The van der Waals surface area contributed by atoms with Gasteiger partial charge in [-0.25, -0.2) is 4.98 Å². The summed E-state index contributed by atoms with van der Waals surface area (Å²) in [6, 6.07) is 5.08. The van der Waals surface area contributed by atoms with Crippen LogP contribution in [0.2, 0.25) is 0 Å². The first kappa shape index (κ1) is 10.3. The van der Waals surface area contributed by atoms with Gasteiger partial charge in [0, 0.05) is 7.05 Å². The lowest BCUT2D eigenvalue weighted by Crippen LogP contribution is -1.91. The third-order valence-corrected chi connectivity index (χ3v) is 2.14. The van der Waals surface area contributed by atoms with E-state index in [9.17, 15) is 4.91 Å². The molecule has 6 heteroatoms. The number of hydrogen-bond donors (Lipinski definition) is 0. The SMILES string of the molecule is COc1c(N=O)cccc1-c1ncn(C)n1. The molecule has 2 rings (SSSR count). The van der Waals surface area contributed by atoms with Gasteiger partial charge >= 0.3 is 0 Å². The van der Waals surface area contributed by atoms with E-state index in [1.165, 1.54) is 7.11 Å². The fraction of sp³-hybridized carbons (Fsp3) is 0.200. The Bertz CT molecular complexity index is 521. The monoisotopic (exact) mass is 218 g/mol. The number of benzene rings is 1. The second-order valence-corrected chi connectivity index (χ2v) is 3.19. The van der Waals surface area contributed by atoms with Crippen LogP contribution in [0.25, 0.3) is 11.4 Å². The van der Waals surface area contributed by atoms with E-state index >= 15 is 0 Å². The molecule has 0 amide bonds. The van der Waals surface area contributed by atoms with E-state index in [1.54, 1.807) is 36.3 Å². The zero-order valence-electron chi connectivity index (χ0n) is 8.91. The molecule has 0 spiro atoms. The third-order valence-electron chi connectivity index (χ3n) is 2.14. The van der Waals surface area contributed by atoms with Crippen molar-refractivity contribution < 1.29 is 4.74 Å². The van der Waals surface area contributed by atoms with Crippen LogP contribution in [0.4, 0.5) is 5.69 Å². The molecular weight excluding hydrogens is 208 g/mol. The van der Waals surface area contributed by atoms with E-state index in [2.05, 4.69) is 15.3 Å². The molecule has 0 atom stereocenters. The molecule has 0 saturated carbocycles. The Morgan fingerprint density at radius 1 is 1.44 bits per heavy atom. The summed E-state index contributed by atoms with van der Waals surface area (Å²) in [5.41, 5.74) is 0.896. The summed E-state index contributed by atoms with van der Waals surface area (Å²) in [5, 5.41) is 7.04. The molecule has 0 saturated heterocycles. The van der Waals surface area contributed by atoms with Gasteiger partial charge in [0.2, 0.25) is 0 Å². The summed E-state index contributed by atoms with van der Waals surface area (Å²) in [6.07, 6.45) is 1.58. The molecule has 0 bridgehead atoms. The lowest BCUT2D eigenvalue weighted by molar-refractivity contribution is 0.417. The quantitative estimate of drug-likeness (QED) is 0.737. The van der Waals surface area contributed by atoms with Crippen molar-refractivity contribution in [2.45, 2.75) is 0 Å². The largest absolute Gasteiger partial charge is 0.494 e. The Kier molecular flexibility index (Phi) is 2.63. The average molecular weight is 218 g/mol. The molecule has 0 aliphatic carbocycles. The maximum atomic E-state index is 10.6. The van der Waals surface area contributed by atoms with Crippen LogP contribution in [0.3, 0.4) is 0 Å². The average Bonchev–Trinajstić information content (AvgIpc) is 2.74. The fourth-order valence-corrected chi connectivity index (χ4v) is 1.45. The van der Waals surface area contributed by atoms with E-state index in [-0.39, 0.29) is 5.69 Å². The topological polar surface area (TPSA) is 69.4 Å². The van der Waals surface area contributed by atoms with E-state index in [1.807, 2.05) is 0 Å². The Balaban J connectivity index is 2.60. The van der Waals surface area contributed by atoms with Crippen molar-refractivity contribution in [2.24, 2.45) is 12.2 Å². The van der Waals surface area contributed by atoms with Gasteiger partial charge in [-0.2, -0.15) is 5.10 Å². The maximum Gasteiger partial charge on any atom is 0.184 e. The number of para-hydroxylation sites is 1. The van der Waals surface area contributed by atoms with Crippen LogP contribution >= 0.6 is 0 Å². The first-order chi connectivity index (χ1) is 7.76. The zero-order chi connectivity index (χ0) is 11.5. The first-order valence-electron chi connectivity index (χ1n) is 4.62. The van der Waals surface area contributed by atoms with Gasteiger partial charge in [0.25, 0.3) is 0 Å². The summed E-state index contributed by atoms with van der Waals surface area (Å²) in [6.45, 7) is 0. The Morgan fingerprint density at radius 3 is 2.81 bits per heavy atom. The molecule has 2 aromatic rings. The predicted molar refractivity (Wildman–Crippen MR) is 58.4 cm³/mol. The molecule has 16 heavy (non-hydrogen) atoms. The Hall–Kier alpha value is -2.24. The lowest BCUT2D eigenvalue weighted by Gasteiger charge is -2.06. The van der Waals surface area contributed by atoms with Gasteiger partial charge in [-0.3, -0.25) is 4.68 Å². The van der Waals surface area contributed by atoms with E-state index < -0.39 is 0 Å². The molecule has 0 radical (unpaired) electrons. The third kappa shape index (κ3) is 1.65. The molecule has 1 aromatic carbocycles. The van der Waals surface area contributed by atoms with Crippen LogP contribution in [0.15, 0.2) is 29.7 Å². The molecule has 0 aliphatic rings. The molecule has 0 fully saturated rings. The van der Waals surface area contributed by atoms with Gasteiger partial charge in [0.15, 0.2) is 17.3 Å². The molecule has 0 N–H and O–H groups in total. The highest BCUT2D eigenvalue weighted by molar-refractivity contribution is 5.72.